The van der Waals surface area contributed by atoms with Crippen LogP contribution >= 0.6 is 0 Å². The third-order valence-electron chi connectivity index (χ3n) is 5.17. The van der Waals surface area contributed by atoms with Gasteiger partial charge in [0.2, 0.25) is 5.91 Å². The van der Waals surface area contributed by atoms with Crippen molar-refractivity contribution in [1.29, 1.82) is 0 Å². The van der Waals surface area contributed by atoms with Gasteiger partial charge in [0, 0.05) is 32.7 Å². The number of ether oxygens (including phenoxy) is 1. The molecule has 1 aliphatic heterocycles. The van der Waals surface area contributed by atoms with Gasteiger partial charge in [-0.2, -0.15) is 18.3 Å². The molecule has 1 saturated heterocycles. The van der Waals surface area contributed by atoms with Crippen molar-refractivity contribution in [3.05, 3.63) is 40.2 Å². The maximum atomic E-state index is 13.0. The number of hydrogen-bond donors (Lipinski definition) is 2. The molecule has 0 aliphatic carbocycles. The number of amides is 1. The number of hydrogen-bond acceptors (Lipinski definition) is 8. The van der Waals surface area contributed by atoms with E-state index in [0.29, 0.717) is 26.2 Å². The van der Waals surface area contributed by atoms with Gasteiger partial charge in [0.15, 0.2) is 0 Å². The topological polar surface area (TPSA) is 116 Å². The highest BCUT2D eigenvalue weighted by atomic mass is 19.4. The second-order valence-electron chi connectivity index (χ2n) is 7.36. The van der Waals surface area contributed by atoms with Gasteiger partial charge in [-0.15, -0.1) is 0 Å². The lowest BCUT2D eigenvalue weighted by molar-refractivity contribution is -0.138. The van der Waals surface area contributed by atoms with Gasteiger partial charge in [-0.3, -0.25) is 14.6 Å². The highest BCUT2D eigenvalue weighted by Gasteiger charge is 2.37. The van der Waals surface area contributed by atoms with Crippen LogP contribution in [0.25, 0.3) is 0 Å². The first-order valence-electron chi connectivity index (χ1n) is 10.6. The first kappa shape index (κ1) is 24.4. The number of anilines is 2. The summed E-state index contributed by atoms with van der Waals surface area (Å²) in [6.45, 7) is 4.69. The standard InChI is InChI=1S/C20H26F3N7O3/c1-2-14-11-26-16(13-25-14)29-5-7-30(8-6-29)17(31)3-9-33-10-4-24-15-12-27-28-19(32)18(15)20(21,22)23/h11-13H,2-10H2,1H3,(H2,24,28,32). The van der Waals surface area contributed by atoms with Crippen LogP contribution in [0.2, 0.25) is 0 Å². The number of aryl methyl sites for hydroxylation is 1. The van der Waals surface area contributed by atoms with Gasteiger partial charge in [-0.1, -0.05) is 6.92 Å². The number of nitrogens with one attached hydrogen (secondary N) is 2. The van der Waals surface area contributed by atoms with Crippen LogP contribution in [-0.2, 0) is 22.1 Å². The lowest BCUT2D eigenvalue weighted by Gasteiger charge is -2.35. The maximum Gasteiger partial charge on any atom is 0.423 e. The van der Waals surface area contributed by atoms with Crippen LogP contribution < -0.4 is 15.8 Å². The van der Waals surface area contributed by atoms with Crippen molar-refractivity contribution >= 4 is 17.4 Å². The Bertz CT molecular complexity index is 974. The fourth-order valence-electron chi connectivity index (χ4n) is 3.37. The van der Waals surface area contributed by atoms with Gasteiger partial charge in [0.05, 0.1) is 49.6 Å². The Balaban J connectivity index is 1.35. The Labute approximate surface area is 188 Å². The Hall–Kier alpha value is -3.22. The van der Waals surface area contributed by atoms with Crippen LogP contribution in [0.3, 0.4) is 0 Å². The predicted molar refractivity (Wildman–Crippen MR) is 114 cm³/mol. The average Bonchev–Trinajstić information content (AvgIpc) is 2.80. The van der Waals surface area contributed by atoms with Crippen LogP contribution in [0.4, 0.5) is 24.7 Å². The van der Waals surface area contributed by atoms with E-state index < -0.39 is 23.0 Å². The van der Waals surface area contributed by atoms with Crippen LogP contribution in [0.5, 0.6) is 0 Å². The van der Waals surface area contributed by atoms with Crippen LogP contribution in [-0.4, -0.2) is 76.9 Å². The third-order valence-corrected chi connectivity index (χ3v) is 5.17. The summed E-state index contributed by atoms with van der Waals surface area (Å²) in [5.74, 6) is 0.743. The second kappa shape index (κ2) is 11.1. The van der Waals surface area contributed by atoms with Crippen LogP contribution in [0.1, 0.15) is 24.6 Å². The van der Waals surface area contributed by atoms with Gasteiger partial charge in [-0.05, 0) is 6.42 Å². The first-order chi connectivity index (χ1) is 15.8. The lowest BCUT2D eigenvalue weighted by atomic mass is 10.2. The minimum absolute atomic E-state index is 0.0267. The monoisotopic (exact) mass is 469 g/mol. The molecule has 0 saturated carbocycles. The molecule has 0 atom stereocenters. The molecule has 0 unspecified atom stereocenters. The van der Waals surface area contributed by atoms with E-state index in [1.54, 1.807) is 22.4 Å². The first-order valence-corrected chi connectivity index (χ1v) is 10.6. The number of carbonyl (C=O) groups excluding carboxylic acids is 1. The molecule has 0 spiro atoms. The Morgan fingerprint density at radius 3 is 2.55 bits per heavy atom. The van der Waals surface area contributed by atoms with Crippen LogP contribution in [0, 0.1) is 0 Å². The molecule has 1 aliphatic rings. The molecule has 33 heavy (non-hydrogen) atoms. The van der Waals surface area contributed by atoms with Gasteiger partial charge in [0.1, 0.15) is 11.4 Å². The zero-order valence-electron chi connectivity index (χ0n) is 18.2. The van der Waals surface area contributed by atoms with Crippen molar-refractivity contribution in [2.75, 3.05) is 56.2 Å². The minimum Gasteiger partial charge on any atom is -0.381 e. The Kier molecular flexibility index (Phi) is 8.20. The van der Waals surface area contributed by atoms with E-state index in [2.05, 4.69) is 25.3 Å². The summed E-state index contributed by atoms with van der Waals surface area (Å²) in [6.07, 6.45) is 0.600. The van der Waals surface area contributed by atoms with E-state index in [9.17, 15) is 22.8 Å². The smallest absolute Gasteiger partial charge is 0.381 e. The van der Waals surface area contributed by atoms with Crippen LogP contribution in [0.15, 0.2) is 23.4 Å². The summed E-state index contributed by atoms with van der Waals surface area (Å²) in [5.41, 5.74) is -2.14. The molecular formula is C20H26F3N7O3. The molecule has 1 amide bonds. The summed E-state index contributed by atoms with van der Waals surface area (Å²) in [5, 5.41) is 7.65. The number of aromatic amines is 1. The fraction of sp³-hybridized carbons (Fsp3) is 0.550. The highest BCUT2D eigenvalue weighted by molar-refractivity contribution is 5.76. The molecule has 0 aromatic carbocycles. The van der Waals surface area contributed by atoms with Gasteiger partial charge in [-0.25, -0.2) is 10.1 Å². The molecule has 2 aromatic heterocycles. The summed E-state index contributed by atoms with van der Waals surface area (Å²) >= 11 is 0. The summed E-state index contributed by atoms with van der Waals surface area (Å²) in [6, 6.07) is 0. The van der Waals surface area contributed by atoms with E-state index in [-0.39, 0.29) is 32.1 Å². The highest BCUT2D eigenvalue weighted by Crippen LogP contribution is 2.31. The van der Waals surface area contributed by atoms with E-state index in [4.69, 9.17) is 4.74 Å². The number of carbonyl (C=O) groups is 1. The summed E-state index contributed by atoms with van der Waals surface area (Å²) in [4.78, 5) is 36.4. The third kappa shape index (κ3) is 6.63. The van der Waals surface area contributed by atoms with Gasteiger partial charge >= 0.3 is 6.18 Å². The second-order valence-corrected chi connectivity index (χ2v) is 7.36. The number of nitrogens with zero attached hydrogens (tertiary/aromatic N) is 5. The van der Waals surface area contributed by atoms with Gasteiger partial charge < -0.3 is 19.9 Å². The summed E-state index contributed by atoms with van der Waals surface area (Å²) < 4.78 is 44.3. The van der Waals surface area contributed by atoms with Gasteiger partial charge in [0.25, 0.3) is 5.56 Å². The molecule has 0 bridgehead atoms. The molecule has 2 aromatic rings. The molecular weight excluding hydrogens is 443 g/mol. The summed E-state index contributed by atoms with van der Waals surface area (Å²) in [7, 11) is 0. The number of aromatic nitrogens is 4. The SMILES string of the molecule is CCc1cnc(N2CCN(C(=O)CCOCCNc3cn[nH]c(=O)c3C(F)(F)F)CC2)cn1. The largest absolute Gasteiger partial charge is 0.423 e. The number of alkyl halides is 3. The van der Waals surface area contributed by atoms with Crippen molar-refractivity contribution in [3.63, 3.8) is 0 Å². The van der Waals surface area contributed by atoms with E-state index in [1.807, 2.05) is 6.92 Å². The Morgan fingerprint density at radius 2 is 1.91 bits per heavy atom. The number of piperazine rings is 1. The number of rotatable bonds is 9. The van der Waals surface area contributed by atoms with E-state index in [0.717, 1.165) is 24.1 Å². The maximum absolute atomic E-state index is 13.0. The average molecular weight is 469 g/mol. The normalized spacial score (nSPS) is 14.4. The Morgan fingerprint density at radius 1 is 1.15 bits per heavy atom. The molecule has 13 heteroatoms. The minimum atomic E-state index is -4.80. The number of H-pyrrole nitrogens is 1. The molecule has 2 N–H and O–H groups in total. The molecule has 3 heterocycles. The molecule has 3 rings (SSSR count). The molecule has 180 valence electrons. The zero-order valence-corrected chi connectivity index (χ0v) is 18.2. The molecule has 10 nitrogen and oxygen atoms in total. The van der Waals surface area contributed by atoms with Crippen molar-refractivity contribution in [2.45, 2.75) is 25.9 Å². The fourth-order valence-corrected chi connectivity index (χ4v) is 3.37. The van der Waals surface area contributed by atoms with E-state index in [1.165, 1.54) is 0 Å². The lowest BCUT2D eigenvalue weighted by Crippen LogP contribution is -2.49. The van der Waals surface area contributed by atoms with Crippen molar-refractivity contribution in [2.24, 2.45) is 0 Å². The predicted octanol–water partition coefficient (Wildman–Crippen LogP) is 1.31. The van der Waals surface area contributed by atoms with E-state index >= 15 is 0 Å². The van der Waals surface area contributed by atoms with Crippen molar-refractivity contribution in [1.82, 2.24) is 25.1 Å². The van der Waals surface area contributed by atoms with Crippen molar-refractivity contribution < 1.29 is 22.7 Å². The molecule has 1 fully saturated rings. The zero-order chi connectivity index (χ0) is 23.8. The molecule has 0 radical (unpaired) electrons. The number of halogens is 3. The van der Waals surface area contributed by atoms with Crippen molar-refractivity contribution in [3.8, 4) is 0 Å². The quantitative estimate of drug-likeness (QED) is 0.528.